The maximum atomic E-state index is 12.4. The van der Waals surface area contributed by atoms with E-state index in [1.165, 1.54) is 6.07 Å². The molecule has 0 saturated heterocycles. The van der Waals surface area contributed by atoms with Gasteiger partial charge in [0.15, 0.2) is 0 Å². The zero-order chi connectivity index (χ0) is 10.0. The summed E-state index contributed by atoms with van der Waals surface area (Å²) in [5.74, 6) is 0. The van der Waals surface area contributed by atoms with Crippen LogP contribution in [0, 0.1) is 3.70 Å². The lowest BCUT2D eigenvalue weighted by atomic mass is 10.2. The topological polar surface area (TPSA) is 12.9 Å². The Bertz CT molecular complexity index is 320. The van der Waals surface area contributed by atoms with Gasteiger partial charge in [-0.3, -0.25) is 0 Å². The first kappa shape index (κ1) is 11.8. The summed E-state index contributed by atoms with van der Waals surface area (Å²) >= 11 is 8.17. The molecule has 0 fully saturated rings. The molecule has 0 N–H and O–H groups in total. The van der Waals surface area contributed by atoms with E-state index in [0.717, 1.165) is 0 Å². The van der Waals surface area contributed by atoms with Gasteiger partial charge in [-0.2, -0.15) is 0 Å². The number of hydrogen-bond acceptors (Lipinski definition) is 1. The average Bonchev–Trinajstić information content (AvgIpc) is 2.09. The van der Waals surface area contributed by atoms with Crippen molar-refractivity contribution in [1.82, 2.24) is 4.98 Å². The van der Waals surface area contributed by atoms with Gasteiger partial charge in [0.05, 0.1) is 10.2 Å². The van der Waals surface area contributed by atoms with Crippen LogP contribution in [0.15, 0.2) is 10.5 Å². The van der Waals surface area contributed by atoms with Gasteiger partial charge >= 0.3 is 0 Å². The van der Waals surface area contributed by atoms with E-state index in [1.54, 1.807) is 0 Å². The van der Waals surface area contributed by atoms with Crippen molar-refractivity contribution in [1.29, 1.82) is 0 Å². The van der Waals surface area contributed by atoms with E-state index in [-0.39, 0.29) is 5.56 Å². The lowest BCUT2D eigenvalue weighted by molar-refractivity contribution is 0.150. The summed E-state index contributed by atoms with van der Waals surface area (Å²) in [6, 6.07) is 1.39. The van der Waals surface area contributed by atoms with Gasteiger partial charge < -0.3 is 0 Å². The number of aromatic nitrogens is 1. The first-order valence-electron chi connectivity index (χ1n) is 3.25. The molecule has 0 aliphatic heterocycles. The van der Waals surface area contributed by atoms with Gasteiger partial charge in [-0.25, -0.2) is 13.8 Å². The predicted molar refractivity (Wildman–Crippen MR) is 62.2 cm³/mol. The molecular formula is C7H4Br2F2IN. The van der Waals surface area contributed by atoms with Crippen molar-refractivity contribution < 1.29 is 8.78 Å². The Kier molecular flexibility index (Phi) is 4.50. The fourth-order valence-corrected chi connectivity index (χ4v) is 2.08. The van der Waals surface area contributed by atoms with E-state index in [1.807, 2.05) is 22.6 Å². The highest BCUT2D eigenvalue weighted by atomic mass is 127. The monoisotopic (exact) mass is 425 g/mol. The van der Waals surface area contributed by atoms with Gasteiger partial charge in [-0.15, -0.1) is 0 Å². The quantitative estimate of drug-likeness (QED) is 0.391. The molecule has 6 heteroatoms. The van der Waals surface area contributed by atoms with E-state index >= 15 is 0 Å². The molecule has 1 aromatic heterocycles. The van der Waals surface area contributed by atoms with Crippen LogP contribution in [0.1, 0.15) is 17.7 Å². The van der Waals surface area contributed by atoms with Crippen molar-refractivity contribution in [2.45, 2.75) is 11.8 Å². The Morgan fingerprint density at radius 3 is 2.62 bits per heavy atom. The number of pyridine rings is 1. The van der Waals surface area contributed by atoms with E-state index < -0.39 is 6.43 Å². The molecule has 1 rings (SSSR count). The standard InChI is InChI=1S/C7H4Br2F2IN/c8-2-3-1-4(6(10)11)5(9)7(12)13-3/h1,6H,2H2. The Morgan fingerprint density at radius 1 is 1.54 bits per heavy atom. The van der Waals surface area contributed by atoms with Gasteiger partial charge in [0.1, 0.15) is 3.70 Å². The Morgan fingerprint density at radius 2 is 2.15 bits per heavy atom. The number of nitrogens with zero attached hydrogens (tertiary/aromatic N) is 1. The zero-order valence-corrected chi connectivity index (χ0v) is 11.5. The van der Waals surface area contributed by atoms with Gasteiger partial charge in [-0.05, 0) is 44.6 Å². The van der Waals surface area contributed by atoms with Crippen LogP contribution in [0.25, 0.3) is 0 Å². The highest BCUT2D eigenvalue weighted by Crippen LogP contribution is 2.31. The molecule has 0 spiro atoms. The van der Waals surface area contributed by atoms with Crippen LogP contribution in [-0.2, 0) is 5.33 Å². The minimum atomic E-state index is -2.47. The molecule has 0 radical (unpaired) electrons. The Balaban J connectivity index is 3.25. The molecule has 13 heavy (non-hydrogen) atoms. The maximum absolute atomic E-state index is 12.4. The second kappa shape index (κ2) is 4.97. The van der Waals surface area contributed by atoms with E-state index in [4.69, 9.17) is 0 Å². The smallest absolute Gasteiger partial charge is 0.245 e. The Labute approximate surface area is 105 Å². The number of hydrogen-bond donors (Lipinski definition) is 0. The summed E-state index contributed by atoms with van der Waals surface area (Å²) in [7, 11) is 0. The molecule has 72 valence electrons. The molecule has 0 amide bonds. The molecule has 0 unspecified atom stereocenters. The van der Waals surface area contributed by atoms with Crippen molar-refractivity contribution in [2.24, 2.45) is 0 Å². The lowest BCUT2D eigenvalue weighted by Gasteiger charge is -2.06. The third-order valence-corrected chi connectivity index (χ3v) is 4.30. The number of alkyl halides is 3. The molecule has 1 heterocycles. The molecular weight excluding hydrogens is 423 g/mol. The summed E-state index contributed by atoms with van der Waals surface area (Å²) in [5.41, 5.74) is 0.608. The van der Waals surface area contributed by atoms with Crippen molar-refractivity contribution in [3.05, 3.63) is 25.5 Å². The fraction of sp³-hybridized carbons (Fsp3) is 0.286. The van der Waals surface area contributed by atoms with Gasteiger partial charge in [0.25, 0.3) is 6.43 Å². The predicted octanol–water partition coefficient (Wildman–Crippen LogP) is 4.28. The van der Waals surface area contributed by atoms with Crippen molar-refractivity contribution in [2.75, 3.05) is 0 Å². The van der Waals surface area contributed by atoms with Crippen molar-refractivity contribution in [3.63, 3.8) is 0 Å². The third-order valence-electron chi connectivity index (χ3n) is 1.37. The van der Waals surface area contributed by atoms with Gasteiger partial charge in [-0.1, -0.05) is 15.9 Å². The summed E-state index contributed by atoms with van der Waals surface area (Å²) in [5, 5.41) is 0.482. The average molecular weight is 427 g/mol. The molecule has 0 atom stereocenters. The van der Waals surface area contributed by atoms with Crippen molar-refractivity contribution >= 4 is 54.5 Å². The number of rotatable bonds is 2. The zero-order valence-electron chi connectivity index (χ0n) is 6.20. The van der Waals surface area contributed by atoms with Gasteiger partial charge in [0.2, 0.25) is 0 Å². The summed E-state index contributed by atoms with van der Waals surface area (Å²) < 4.78 is 25.8. The first-order chi connectivity index (χ1) is 6.06. The molecule has 0 aliphatic carbocycles. The fourth-order valence-electron chi connectivity index (χ4n) is 0.797. The van der Waals surface area contributed by atoms with Crippen LogP contribution < -0.4 is 0 Å². The molecule has 1 aromatic rings. The van der Waals surface area contributed by atoms with Gasteiger partial charge in [0, 0.05) is 10.9 Å². The lowest BCUT2D eigenvalue weighted by Crippen LogP contribution is -1.96. The normalized spacial score (nSPS) is 10.9. The summed E-state index contributed by atoms with van der Waals surface area (Å²) in [6.07, 6.45) is -2.47. The second-order valence-corrected chi connectivity index (χ2v) is 4.62. The van der Waals surface area contributed by atoms with Crippen LogP contribution in [0.5, 0.6) is 0 Å². The summed E-state index contributed by atoms with van der Waals surface area (Å²) in [4.78, 5) is 4.09. The maximum Gasteiger partial charge on any atom is 0.265 e. The van der Waals surface area contributed by atoms with Crippen LogP contribution >= 0.6 is 54.5 Å². The molecule has 0 bridgehead atoms. The highest BCUT2D eigenvalue weighted by molar-refractivity contribution is 14.1. The van der Waals surface area contributed by atoms with E-state index in [0.29, 0.717) is 19.2 Å². The second-order valence-electron chi connectivity index (χ2n) is 2.24. The largest absolute Gasteiger partial charge is 0.265 e. The van der Waals surface area contributed by atoms with E-state index in [2.05, 4.69) is 36.8 Å². The van der Waals surface area contributed by atoms with Crippen molar-refractivity contribution in [3.8, 4) is 0 Å². The van der Waals surface area contributed by atoms with E-state index in [9.17, 15) is 8.78 Å². The van der Waals surface area contributed by atoms with Crippen LogP contribution in [-0.4, -0.2) is 4.98 Å². The minimum Gasteiger partial charge on any atom is -0.245 e. The molecule has 1 nitrogen and oxygen atoms in total. The molecule has 0 aromatic carbocycles. The van der Waals surface area contributed by atoms with Crippen LogP contribution in [0.2, 0.25) is 0 Å². The molecule has 0 saturated carbocycles. The van der Waals surface area contributed by atoms with Crippen LogP contribution in [0.4, 0.5) is 8.78 Å². The Hall–Kier alpha value is 0.700. The SMILES string of the molecule is FC(F)c1cc(CBr)nc(I)c1Br. The molecule has 0 aliphatic rings. The highest BCUT2D eigenvalue weighted by Gasteiger charge is 2.15. The third kappa shape index (κ3) is 2.82. The summed E-state index contributed by atoms with van der Waals surface area (Å²) in [6.45, 7) is 0. The minimum absolute atomic E-state index is 0.00569. The van der Waals surface area contributed by atoms with Crippen LogP contribution in [0.3, 0.4) is 0 Å². The number of halogens is 5. The first-order valence-corrected chi connectivity index (χ1v) is 6.24.